The van der Waals surface area contributed by atoms with Gasteiger partial charge in [-0.3, -0.25) is 28.8 Å². The van der Waals surface area contributed by atoms with Crippen LogP contribution in [0.1, 0.15) is 214 Å². The molecule has 1 atom stereocenters. The number of rotatable bonds is 39. The maximum Gasteiger partial charge on any atom is 0.416 e. The Morgan fingerprint density at radius 3 is 1.24 bits per heavy atom. The number of amides is 3. The minimum Gasteiger partial charge on any atom is -0.336 e. The lowest BCUT2D eigenvalue weighted by Gasteiger charge is -2.28. The maximum atomic E-state index is 15.1. The van der Waals surface area contributed by atoms with E-state index in [1.165, 1.54) is 36.4 Å². The Labute approximate surface area is 903 Å². The summed E-state index contributed by atoms with van der Waals surface area (Å²) in [6.07, 6.45) is -19.4. The van der Waals surface area contributed by atoms with E-state index in [1.807, 2.05) is 38.1 Å². The number of nitrogens with zero attached hydrogens (tertiary/aromatic N) is 12. The molecule has 15 rings (SSSR count). The van der Waals surface area contributed by atoms with E-state index >= 15 is 4.79 Å². The van der Waals surface area contributed by atoms with Gasteiger partial charge in [0.15, 0.2) is 15.5 Å². The number of hydrogen-bond acceptors (Lipinski definition) is 15. The number of halogens is 12. The third-order valence-corrected chi connectivity index (χ3v) is 24.5. The van der Waals surface area contributed by atoms with Crippen LogP contribution in [0.3, 0.4) is 0 Å². The first-order valence-corrected chi connectivity index (χ1v) is 46.4. The smallest absolute Gasteiger partial charge is 0.336 e. The summed E-state index contributed by atoms with van der Waals surface area (Å²) in [4.78, 5) is 99.4. The molecule has 0 N–H and O–H groups in total. The zero-order chi connectivity index (χ0) is 143. The van der Waals surface area contributed by atoms with E-state index in [9.17, 15) is 82.1 Å². The lowest BCUT2D eigenvalue weighted by molar-refractivity contribution is -0.138. The molecule has 3 aliphatic carbocycles. The van der Waals surface area contributed by atoms with Crippen molar-refractivity contribution in [1.82, 2.24) is 58.1 Å². The quantitative estimate of drug-likeness (QED) is 0.0202. The van der Waals surface area contributed by atoms with E-state index in [-0.39, 0.29) is 95.9 Å². The summed E-state index contributed by atoms with van der Waals surface area (Å²) in [5, 5.41) is -1.13. The van der Waals surface area contributed by atoms with Crippen LogP contribution in [0.25, 0.3) is 33.4 Å². The lowest BCUT2D eigenvalue weighted by Crippen LogP contribution is -2.40. The van der Waals surface area contributed by atoms with Gasteiger partial charge in [-0.15, -0.1) is 0 Å². The number of likely N-dealkylation sites (N-methyl/N-ethyl adjacent to an activating group) is 3. The first kappa shape index (κ1) is 62.1. The standard InChI is InChI=1S/2C37H40F4N4O2S.C36H38F4N4O2S/c1-4-43(5-2)18-19-44(22-26-6-10-28(11-7-26)29-12-14-30(15-13-29)37(39,40)41)34(46)23-45-33-21-25(3)20-32(33)35(47)42-36(45)48-24-27-8-16-31(38)17-9-27;1-4-43(5-2)19-20-44(22-26-9-13-28(14-10-26)29-15-18-32(25(3)21-29)37(39,40)41)34(46)23-45-33-8-6-7-31(33)35(47)42-36(45)48-24-27-11-16-30(38)17-12-27;1-3-42(4-2)20-21-43(22-25-8-12-27(13-9-25)28-14-16-29(17-15-28)36(38,39)40)33(45)23-44-32-7-5-6-31(32)34(46)41-35(44)47-24-26-10-18-30(37)19-11-26/h6-17,25H,4-5,18-24H2,1-3H3;9-18,21H,4-8,19-20,22-24H2,1-3H3;8-19H,3-7,20-24H2,1-2H3/i4D2,5D2,6D,7D,8D,9D,10D,11D,12D,13D,14D,15D,16D,17D,18D2,19D2,20D2,21D2,25D;4D2,5D2,9D,10D,11D,12D,13D,14D,15D,16D,17D,18D,19D2,20D2,21D;24D2. The highest BCUT2D eigenvalue weighted by atomic mass is 32.2. The molecule has 0 radical (unpaired) electrons. The third-order valence-electron chi connectivity index (χ3n) is 21.7. The molecule has 3 aliphatic rings. The molecule has 0 saturated carbocycles. The Hall–Kier alpha value is -11.9. The highest BCUT2D eigenvalue weighted by molar-refractivity contribution is 7.98. The molecule has 3 aromatic heterocycles. The zero-order valence-corrected chi connectivity index (χ0v) is 79.7. The molecule has 3 amide bonds. The van der Waals surface area contributed by atoms with Crippen molar-refractivity contribution in [3.05, 3.63) is 350 Å². The van der Waals surface area contributed by atoms with Gasteiger partial charge in [-0.25, -0.2) is 13.2 Å². The van der Waals surface area contributed by atoms with Crippen LogP contribution in [-0.4, -0.2) is 154 Å². The number of alkyl halides is 9. The fourth-order valence-electron chi connectivity index (χ4n) is 14.4. The van der Waals surface area contributed by atoms with Gasteiger partial charge in [0, 0.05) is 136 Å². The molecule has 1 unspecified atom stereocenters. The number of thioether (sulfide) groups is 3. The number of carbonyl (C=O) groups excluding carboxylic acids is 3. The summed E-state index contributed by atoms with van der Waals surface area (Å²) in [6.45, 7) is -23.6. The van der Waals surface area contributed by atoms with Gasteiger partial charge in [0.2, 0.25) is 17.7 Å². The minimum atomic E-state index is -5.46. The number of carbonyl (C=O) groups is 3. The average Bonchev–Trinajstić information content (AvgIpc) is 1.52. The largest absolute Gasteiger partial charge is 0.416 e. The van der Waals surface area contributed by atoms with Crippen molar-refractivity contribution in [2.45, 2.75) is 197 Å². The van der Waals surface area contributed by atoms with Crippen LogP contribution in [-0.2, 0) is 128 Å². The molecule has 143 heavy (non-hydrogen) atoms. The van der Waals surface area contributed by atoms with Crippen molar-refractivity contribution in [2.75, 3.05) is 78.2 Å². The second kappa shape index (κ2) is 50.1. The van der Waals surface area contributed by atoms with Crippen molar-refractivity contribution in [3.63, 3.8) is 0 Å². The molecule has 3 heterocycles. The Morgan fingerprint density at radius 1 is 0.406 bits per heavy atom. The first-order valence-electron chi connectivity index (χ1n) is 66.6. The predicted molar refractivity (Wildman–Crippen MR) is 539 cm³/mol. The fraction of sp³-hybridized carbons (Fsp3) is 0.373. The zero-order valence-electron chi connectivity index (χ0n) is 123. The topological polar surface area (TPSA) is 175 Å². The van der Waals surface area contributed by atoms with Crippen molar-refractivity contribution in [1.29, 1.82) is 0 Å². The second-order valence-corrected chi connectivity index (χ2v) is 33.8. The summed E-state index contributed by atoms with van der Waals surface area (Å²) < 4.78 is 562. The normalized spacial score (nSPS) is 20.1. The van der Waals surface area contributed by atoms with E-state index in [0.29, 0.717) is 93.2 Å². The summed E-state index contributed by atoms with van der Waals surface area (Å²) >= 11 is 1.53. The molecule has 33 heteroatoms. The van der Waals surface area contributed by atoms with E-state index in [2.05, 4.69) is 19.9 Å². The van der Waals surface area contributed by atoms with Crippen LogP contribution in [0.15, 0.2) is 242 Å². The molecule has 0 bridgehead atoms. The van der Waals surface area contributed by atoms with E-state index in [0.717, 1.165) is 72.9 Å². The van der Waals surface area contributed by atoms with Crippen LogP contribution in [0.4, 0.5) is 52.7 Å². The second-order valence-electron chi connectivity index (χ2n) is 31.2. The van der Waals surface area contributed by atoms with Crippen molar-refractivity contribution in [3.8, 4) is 33.4 Å². The Kier molecular flexibility index (Phi) is 21.7. The molecule has 0 fully saturated rings. The van der Waals surface area contributed by atoms with E-state index < -0.39 is 395 Å². The number of hydrogen-bond donors (Lipinski definition) is 0. The third kappa shape index (κ3) is 29.5. The summed E-state index contributed by atoms with van der Waals surface area (Å²) in [7, 11) is 0. The molecule has 12 aromatic rings. The molecular formula is C110H118F12N12O6S3. The van der Waals surface area contributed by atoms with Crippen molar-refractivity contribution in [2.24, 2.45) is 5.89 Å². The molecular weight excluding hydrogens is 1910 g/mol. The van der Waals surface area contributed by atoms with Crippen LogP contribution in [0.5, 0.6) is 0 Å². The molecule has 0 aliphatic heterocycles. The molecule has 0 saturated heterocycles. The summed E-state index contributed by atoms with van der Waals surface area (Å²) in [5.41, 5.74) is -15.6. The van der Waals surface area contributed by atoms with Gasteiger partial charge in [0.05, 0.1) is 53.7 Å². The van der Waals surface area contributed by atoms with Crippen LogP contribution >= 0.6 is 35.3 Å². The fourth-order valence-corrected chi connectivity index (χ4v) is 16.9. The lowest BCUT2D eigenvalue weighted by atomic mass is 9.98. The van der Waals surface area contributed by atoms with Gasteiger partial charge < -0.3 is 43.1 Å². The Bertz CT molecular complexity index is 9040. The summed E-state index contributed by atoms with van der Waals surface area (Å²) in [5.74, 6) is -11.4. The van der Waals surface area contributed by atoms with Gasteiger partial charge in [-0.1, -0.05) is 229 Å². The molecule has 0 spiro atoms. The SMILES string of the molecule is [2H]C([2H])(Sc1nc(=O)c2c(n1CC(=O)N(CCN(CC)CC)Cc1ccc(-c3ccc(C(F)(F)F)cc3)cc1)CCC2)c1ccc(F)cc1.[2H]c1c([2H])c(CSc2nc(=O)c3c(n2CC(=O)N(Cc2c([2H])c([2H])c(-c4c([2H])c([2H])c(C(F)(F)F)c(C)c4[2H])c([2H])c2[2H])C([2H])([2H])C([2H])([2H])N(C([2H])([2H])C)C([2H])([2H])C)CCC3)c([2H])c([2H])c1F.[2H]c1c([2H])c(CSc2nc(=O)c3c(n2CC(=O)N(Cc2c([2H])c([2H])c(-c4c([2H])c([2H])c(C(F)(F)F)c([2H])c4[2H])c([2H])c2[2H])C([2H])([2H])C([2H])([2H])N(C([2H])([2H])C)C([2H])([2H])C)C([2H])([2H])C([2H])(C)C3([2H])[2H])c([2H])c([2H])c1F. The summed E-state index contributed by atoms with van der Waals surface area (Å²) in [6, 6.07) is -10.5. The minimum absolute atomic E-state index is 0.0356. The highest BCUT2D eigenvalue weighted by Gasteiger charge is 2.36. The van der Waals surface area contributed by atoms with Crippen LogP contribution < -0.4 is 16.7 Å². The van der Waals surface area contributed by atoms with Gasteiger partial charge in [-0.05, 0) is 242 Å². The molecule has 756 valence electrons. The number of benzene rings is 9. The average molecular weight is 2070 g/mol. The number of fused-ring (bicyclic) bond motifs is 3. The monoisotopic (exact) mass is 2070 g/mol. The van der Waals surface area contributed by atoms with Gasteiger partial charge in [-0.2, -0.15) is 54.5 Å². The maximum absolute atomic E-state index is 15.1. The first-order chi connectivity index (χ1) is 86.4. The van der Waals surface area contributed by atoms with Gasteiger partial charge >= 0.3 is 18.5 Å². The molecule has 18 nitrogen and oxygen atoms in total. The molecule has 9 aromatic carbocycles. The number of aromatic nitrogens is 6. The van der Waals surface area contributed by atoms with Gasteiger partial charge in [0.1, 0.15) is 37.1 Å². The highest BCUT2D eigenvalue weighted by Crippen LogP contribution is 2.39. The van der Waals surface area contributed by atoms with Gasteiger partial charge in [0.25, 0.3) is 16.7 Å². The van der Waals surface area contributed by atoms with Crippen molar-refractivity contribution >= 4 is 53.0 Å². The van der Waals surface area contributed by atoms with E-state index in [1.54, 1.807) is 9.47 Å². The van der Waals surface area contributed by atoms with Crippen molar-refractivity contribution < 1.29 is 130 Å². The Morgan fingerprint density at radius 2 is 0.797 bits per heavy atom. The van der Waals surface area contributed by atoms with Crippen LogP contribution in [0.2, 0.25) is 0 Å². The predicted octanol–water partition coefficient (Wildman–Crippen LogP) is 22.2. The Balaban J connectivity index is 0.000000233. The van der Waals surface area contributed by atoms with E-state index in [4.69, 9.17) is 57.6 Å². The van der Waals surface area contributed by atoms with Crippen LogP contribution in [0, 0.1) is 30.3 Å².